The first-order valence-corrected chi connectivity index (χ1v) is 11.6. The van der Waals surface area contributed by atoms with Crippen LogP contribution in [0.4, 0.5) is 4.39 Å². The van der Waals surface area contributed by atoms with Crippen molar-refractivity contribution < 1.29 is 4.39 Å². The molecule has 0 radical (unpaired) electrons. The number of hydrogen-bond donors (Lipinski definition) is 0. The molecule has 0 aromatic heterocycles. The largest absolute Gasteiger partial charge is 0.206 e. The summed E-state index contributed by atoms with van der Waals surface area (Å²) in [5, 5.41) is 0. The topological polar surface area (TPSA) is 0 Å². The van der Waals surface area contributed by atoms with Crippen LogP contribution < -0.4 is 0 Å². The van der Waals surface area contributed by atoms with E-state index in [1.54, 1.807) is 6.07 Å². The molecule has 0 nitrogen and oxygen atoms in total. The zero-order chi connectivity index (χ0) is 20.9. The fourth-order valence-electron chi connectivity index (χ4n) is 4.70. The van der Waals surface area contributed by atoms with Gasteiger partial charge in [0.1, 0.15) is 5.82 Å². The van der Waals surface area contributed by atoms with Crippen molar-refractivity contribution in [3.63, 3.8) is 0 Å². The van der Waals surface area contributed by atoms with Crippen molar-refractivity contribution >= 4 is 0 Å². The third kappa shape index (κ3) is 4.83. The van der Waals surface area contributed by atoms with Gasteiger partial charge in [-0.05, 0) is 71.4 Å². The van der Waals surface area contributed by atoms with Crippen molar-refractivity contribution in [1.29, 1.82) is 0 Å². The van der Waals surface area contributed by atoms with Gasteiger partial charge in [0.05, 0.1) is 0 Å². The van der Waals surface area contributed by atoms with Crippen LogP contribution in [-0.2, 0) is 6.42 Å². The minimum Gasteiger partial charge on any atom is -0.206 e. The Labute approximate surface area is 181 Å². The van der Waals surface area contributed by atoms with E-state index in [9.17, 15) is 4.39 Å². The molecule has 156 valence electrons. The van der Waals surface area contributed by atoms with E-state index in [1.165, 1.54) is 49.7 Å². The molecule has 0 spiro atoms. The van der Waals surface area contributed by atoms with Gasteiger partial charge in [0.2, 0.25) is 0 Å². The van der Waals surface area contributed by atoms with Crippen LogP contribution in [-0.4, -0.2) is 0 Å². The zero-order valence-electron chi connectivity index (χ0n) is 18.3. The van der Waals surface area contributed by atoms with Gasteiger partial charge in [0.15, 0.2) is 0 Å². The number of benzene rings is 3. The summed E-state index contributed by atoms with van der Waals surface area (Å²) < 4.78 is 15.0. The molecule has 1 heteroatoms. The fourth-order valence-corrected chi connectivity index (χ4v) is 4.70. The smallest absolute Gasteiger partial charge is 0.131 e. The summed E-state index contributed by atoms with van der Waals surface area (Å²) >= 11 is 0. The van der Waals surface area contributed by atoms with E-state index in [-0.39, 0.29) is 5.82 Å². The second-order valence-electron chi connectivity index (χ2n) is 9.07. The highest BCUT2D eigenvalue weighted by Crippen LogP contribution is 2.36. The van der Waals surface area contributed by atoms with E-state index >= 15 is 0 Å². The highest BCUT2D eigenvalue weighted by Gasteiger charge is 2.19. The average Bonchev–Trinajstić information content (AvgIpc) is 2.79. The molecule has 0 unspecified atom stereocenters. The van der Waals surface area contributed by atoms with Crippen molar-refractivity contribution in [1.82, 2.24) is 0 Å². The Hall–Kier alpha value is -2.41. The molecular weight excluding hydrogens is 367 g/mol. The Morgan fingerprint density at radius 3 is 2.03 bits per heavy atom. The van der Waals surface area contributed by atoms with Gasteiger partial charge in [0.25, 0.3) is 0 Å². The first kappa shape index (κ1) is 20.8. The molecule has 3 aromatic carbocycles. The SMILES string of the molecule is CCCCc1ccc(-c2ccc(-c3ccc(C4CCC(C)CC4)cc3)c(F)c2)cc1. The minimum absolute atomic E-state index is 0.151. The van der Waals surface area contributed by atoms with Gasteiger partial charge in [-0.3, -0.25) is 0 Å². The van der Waals surface area contributed by atoms with E-state index in [0.717, 1.165) is 29.0 Å². The molecule has 1 aliphatic rings. The second kappa shape index (κ2) is 9.60. The molecule has 0 aliphatic heterocycles. The highest BCUT2D eigenvalue weighted by atomic mass is 19.1. The molecular formula is C29H33F. The summed E-state index contributed by atoms with van der Waals surface area (Å²) in [6, 6.07) is 22.8. The lowest BCUT2D eigenvalue weighted by atomic mass is 9.79. The molecule has 3 aromatic rings. The summed E-state index contributed by atoms with van der Waals surface area (Å²) in [4.78, 5) is 0. The maximum absolute atomic E-state index is 15.0. The Balaban J connectivity index is 1.49. The van der Waals surface area contributed by atoms with Gasteiger partial charge in [-0.1, -0.05) is 93.8 Å². The van der Waals surface area contributed by atoms with Crippen LogP contribution >= 0.6 is 0 Å². The predicted octanol–water partition coefficient (Wildman–Crippen LogP) is 8.80. The van der Waals surface area contributed by atoms with E-state index in [2.05, 4.69) is 62.4 Å². The number of rotatable bonds is 6. The van der Waals surface area contributed by atoms with Gasteiger partial charge in [-0.2, -0.15) is 0 Å². The van der Waals surface area contributed by atoms with E-state index in [1.807, 2.05) is 12.1 Å². The third-order valence-electron chi connectivity index (χ3n) is 6.78. The van der Waals surface area contributed by atoms with Crippen molar-refractivity contribution in [2.75, 3.05) is 0 Å². The fraction of sp³-hybridized carbons (Fsp3) is 0.379. The third-order valence-corrected chi connectivity index (χ3v) is 6.78. The normalized spacial score (nSPS) is 19.0. The molecule has 1 fully saturated rings. The number of halogens is 1. The van der Waals surface area contributed by atoms with E-state index in [4.69, 9.17) is 0 Å². The minimum atomic E-state index is -0.151. The second-order valence-corrected chi connectivity index (χ2v) is 9.07. The molecule has 0 bridgehead atoms. The van der Waals surface area contributed by atoms with Crippen molar-refractivity contribution in [3.8, 4) is 22.3 Å². The summed E-state index contributed by atoms with van der Waals surface area (Å²) in [5.41, 5.74) is 6.41. The Morgan fingerprint density at radius 1 is 0.767 bits per heavy atom. The molecule has 0 heterocycles. The van der Waals surface area contributed by atoms with Crippen molar-refractivity contribution in [3.05, 3.63) is 83.7 Å². The molecule has 30 heavy (non-hydrogen) atoms. The van der Waals surface area contributed by atoms with Crippen LogP contribution in [0.1, 0.15) is 69.4 Å². The first-order chi connectivity index (χ1) is 14.6. The number of hydrogen-bond acceptors (Lipinski definition) is 0. The summed E-state index contributed by atoms with van der Waals surface area (Å²) in [7, 11) is 0. The van der Waals surface area contributed by atoms with Gasteiger partial charge in [0, 0.05) is 5.56 Å². The summed E-state index contributed by atoms with van der Waals surface area (Å²) in [6.45, 7) is 4.56. The van der Waals surface area contributed by atoms with E-state index in [0.29, 0.717) is 11.5 Å². The molecule has 0 saturated heterocycles. The van der Waals surface area contributed by atoms with Gasteiger partial charge in [-0.15, -0.1) is 0 Å². The standard InChI is InChI=1S/C29H33F/c1-3-4-5-22-8-12-25(13-9-22)27-18-19-28(29(30)20-27)26-16-14-24(15-17-26)23-10-6-21(2)7-11-23/h8-9,12-21,23H,3-7,10-11H2,1-2H3. The van der Waals surface area contributed by atoms with Crippen molar-refractivity contribution in [2.45, 2.75) is 64.7 Å². The van der Waals surface area contributed by atoms with Crippen molar-refractivity contribution in [2.24, 2.45) is 5.92 Å². The molecule has 1 saturated carbocycles. The molecule has 0 amide bonds. The van der Waals surface area contributed by atoms with Crippen LogP contribution in [0.2, 0.25) is 0 Å². The van der Waals surface area contributed by atoms with E-state index < -0.39 is 0 Å². The van der Waals surface area contributed by atoms with Crippen LogP contribution in [0.3, 0.4) is 0 Å². The quantitative estimate of drug-likeness (QED) is 0.388. The molecule has 0 N–H and O–H groups in total. The lowest BCUT2D eigenvalue weighted by molar-refractivity contribution is 0.348. The van der Waals surface area contributed by atoms with Gasteiger partial charge in [-0.25, -0.2) is 4.39 Å². The molecule has 0 atom stereocenters. The average molecular weight is 401 g/mol. The molecule has 4 rings (SSSR count). The zero-order valence-corrected chi connectivity index (χ0v) is 18.3. The predicted molar refractivity (Wildman–Crippen MR) is 126 cm³/mol. The highest BCUT2D eigenvalue weighted by molar-refractivity contribution is 5.71. The van der Waals surface area contributed by atoms with Crippen LogP contribution in [0.25, 0.3) is 22.3 Å². The number of aryl methyl sites for hydroxylation is 1. The molecule has 1 aliphatic carbocycles. The van der Waals surface area contributed by atoms with Gasteiger partial charge < -0.3 is 0 Å². The Morgan fingerprint density at radius 2 is 1.40 bits per heavy atom. The van der Waals surface area contributed by atoms with Gasteiger partial charge >= 0.3 is 0 Å². The lowest BCUT2D eigenvalue weighted by Gasteiger charge is -2.26. The van der Waals surface area contributed by atoms with Crippen LogP contribution in [0.15, 0.2) is 66.7 Å². The first-order valence-electron chi connectivity index (χ1n) is 11.6. The Kier molecular flexibility index (Phi) is 6.67. The monoisotopic (exact) mass is 400 g/mol. The lowest BCUT2D eigenvalue weighted by Crippen LogP contribution is -2.10. The summed E-state index contributed by atoms with van der Waals surface area (Å²) in [5.74, 6) is 1.38. The summed E-state index contributed by atoms with van der Waals surface area (Å²) in [6.07, 6.45) is 8.72. The van der Waals surface area contributed by atoms with Crippen LogP contribution in [0, 0.1) is 11.7 Å². The Bertz CT molecular complexity index is 945. The van der Waals surface area contributed by atoms with Crippen LogP contribution in [0.5, 0.6) is 0 Å². The maximum Gasteiger partial charge on any atom is 0.131 e. The number of unbranched alkanes of at least 4 members (excludes halogenated alkanes) is 1. The maximum atomic E-state index is 15.0.